The van der Waals surface area contributed by atoms with E-state index in [-0.39, 0.29) is 18.4 Å². The van der Waals surface area contributed by atoms with E-state index in [0.29, 0.717) is 23.5 Å². The Hall–Kier alpha value is -3.41. The van der Waals surface area contributed by atoms with Crippen LogP contribution in [0.25, 0.3) is 0 Å². The molecule has 6 heteroatoms. The molecule has 6 nitrogen and oxygen atoms in total. The highest BCUT2D eigenvalue weighted by Crippen LogP contribution is 2.27. The Morgan fingerprint density at radius 1 is 1.03 bits per heavy atom. The van der Waals surface area contributed by atoms with Crippen LogP contribution in [0.15, 0.2) is 48.5 Å². The van der Waals surface area contributed by atoms with Gasteiger partial charge in [0, 0.05) is 5.69 Å². The number of nitrogens with zero attached hydrogens (tertiary/aromatic N) is 2. The second-order valence-electron chi connectivity index (χ2n) is 8.01. The normalized spacial score (nSPS) is 10.9. The summed E-state index contributed by atoms with van der Waals surface area (Å²) in [5.74, 6) is -0.645. The Balaban J connectivity index is 1.67. The second-order valence-corrected chi connectivity index (χ2v) is 8.01. The molecule has 0 saturated carbocycles. The highest BCUT2D eigenvalue weighted by Gasteiger charge is 2.21. The van der Waals surface area contributed by atoms with Gasteiger partial charge in [0.25, 0.3) is 5.91 Å². The molecular weight excluding hydrogens is 390 g/mol. The highest BCUT2D eigenvalue weighted by atomic mass is 16.5. The number of carbonyl (C=O) groups excluding carboxylic acids is 2. The quantitative estimate of drug-likeness (QED) is 0.560. The lowest BCUT2D eigenvalue weighted by molar-refractivity contribution is -0.119. The number of aryl methyl sites for hydroxylation is 2. The minimum Gasteiger partial charge on any atom is -0.452 e. The summed E-state index contributed by atoms with van der Waals surface area (Å²) < 4.78 is 7.10. The van der Waals surface area contributed by atoms with Crippen LogP contribution in [0.2, 0.25) is 0 Å². The zero-order chi connectivity index (χ0) is 22.5. The average Bonchev–Trinajstić information content (AvgIpc) is 3.01. The van der Waals surface area contributed by atoms with E-state index >= 15 is 0 Å². The van der Waals surface area contributed by atoms with Gasteiger partial charge in [-0.1, -0.05) is 62.4 Å². The molecular formula is C25H29N3O3. The molecule has 0 unspecified atom stereocenters. The van der Waals surface area contributed by atoms with Gasteiger partial charge >= 0.3 is 5.97 Å². The largest absolute Gasteiger partial charge is 0.452 e. The Morgan fingerprint density at radius 3 is 2.42 bits per heavy atom. The predicted molar refractivity (Wildman–Crippen MR) is 121 cm³/mol. The first-order valence-corrected chi connectivity index (χ1v) is 10.4. The Bertz CT molecular complexity index is 1080. The predicted octanol–water partition coefficient (Wildman–Crippen LogP) is 4.78. The van der Waals surface area contributed by atoms with E-state index in [2.05, 4.69) is 24.3 Å². The third-order valence-corrected chi connectivity index (χ3v) is 5.29. The number of aromatic nitrogens is 2. The number of benzene rings is 2. The fourth-order valence-corrected chi connectivity index (χ4v) is 3.62. The molecule has 0 spiro atoms. The van der Waals surface area contributed by atoms with Crippen LogP contribution in [0, 0.1) is 20.8 Å². The summed E-state index contributed by atoms with van der Waals surface area (Å²) in [7, 11) is 0. The zero-order valence-electron chi connectivity index (χ0n) is 18.7. The molecule has 0 bridgehead atoms. The smallest absolute Gasteiger partial charge is 0.342 e. The van der Waals surface area contributed by atoms with Gasteiger partial charge < -0.3 is 10.1 Å². The molecule has 162 valence electrons. The molecule has 0 atom stereocenters. The Kier molecular flexibility index (Phi) is 6.90. The summed E-state index contributed by atoms with van der Waals surface area (Å²) in [6.45, 7) is 9.91. The van der Waals surface area contributed by atoms with Crippen molar-refractivity contribution in [1.82, 2.24) is 9.78 Å². The molecule has 1 N–H and O–H groups in total. The molecule has 3 rings (SSSR count). The molecule has 1 heterocycles. The summed E-state index contributed by atoms with van der Waals surface area (Å²) in [5.41, 5.74) is 5.59. The van der Waals surface area contributed by atoms with Crippen molar-refractivity contribution >= 4 is 17.6 Å². The fourth-order valence-electron chi connectivity index (χ4n) is 3.62. The number of rotatable bonds is 7. The number of anilines is 1. The average molecular weight is 420 g/mol. The van der Waals surface area contributed by atoms with E-state index in [0.717, 1.165) is 22.4 Å². The summed E-state index contributed by atoms with van der Waals surface area (Å²) >= 11 is 0. The molecule has 0 aliphatic heterocycles. The number of nitrogens with one attached hydrogen (secondary N) is 1. The molecule has 0 aliphatic rings. The first kappa shape index (κ1) is 22.3. The molecule has 1 amide bonds. The van der Waals surface area contributed by atoms with Crippen molar-refractivity contribution in [2.45, 2.75) is 47.1 Å². The summed E-state index contributed by atoms with van der Waals surface area (Å²) in [5, 5.41) is 7.38. The van der Waals surface area contributed by atoms with Crippen molar-refractivity contribution in [1.29, 1.82) is 0 Å². The second kappa shape index (κ2) is 9.60. The lowest BCUT2D eigenvalue weighted by atomic mass is 9.98. The van der Waals surface area contributed by atoms with Gasteiger partial charge in [0.1, 0.15) is 5.56 Å². The van der Waals surface area contributed by atoms with Gasteiger partial charge in [-0.05, 0) is 43.4 Å². The summed E-state index contributed by atoms with van der Waals surface area (Å²) in [4.78, 5) is 25.2. The molecule has 0 saturated heterocycles. The van der Waals surface area contributed by atoms with Gasteiger partial charge in [0.05, 0.1) is 17.9 Å². The first-order valence-electron chi connectivity index (χ1n) is 10.4. The molecule has 1 aromatic heterocycles. The van der Waals surface area contributed by atoms with Gasteiger partial charge in [0.2, 0.25) is 0 Å². The van der Waals surface area contributed by atoms with Crippen LogP contribution in [-0.2, 0) is 16.1 Å². The number of amides is 1. The summed E-state index contributed by atoms with van der Waals surface area (Å²) in [6, 6.07) is 15.8. The van der Waals surface area contributed by atoms with Crippen LogP contribution < -0.4 is 5.32 Å². The van der Waals surface area contributed by atoms with Gasteiger partial charge in [-0.25, -0.2) is 4.79 Å². The number of para-hydroxylation sites is 1. The molecule has 0 aliphatic carbocycles. The van der Waals surface area contributed by atoms with Crippen LogP contribution >= 0.6 is 0 Å². The third-order valence-electron chi connectivity index (χ3n) is 5.29. The number of ether oxygens (including phenoxy) is 1. The topological polar surface area (TPSA) is 73.2 Å². The minimum atomic E-state index is -0.543. The van der Waals surface area contributed by atoms with E-state index in [9.17, 15) is 9.59 Å². The maximum atomic E-state index is 12.7. The SMILES string of the molecule is Cc1cccc(C(C)C)c1NC(=O)COC(=O)c1c(C)nn(Cc2ccccc2)c1C. The Labute approximate surface area is 183 Å². The Morgan fingerprint density at radius 2 is 1.74 bits per heavy atom. The van der Waals surface area contributed by atoms with Crippen LogP contribution in [0.3, 0.4) is 0 Å². The molecule has 0 fully saturated rings. The number of esters is 1. The fraction of sp³-hybridized carbons (Fsp3) is 0.320. The summed E-state index contributed by atoms with van der Waals surface area (Å²) in [6.07, 6.45) is 0. The lowest BCUT2D eigenvalue weighted by Gasteiger charge is -2.16. The lowest BCUT2D eigenvalue weighted by Crippen LogP contribution is -2.22. The number of hydrogen-bond acceptors (Lipinski definition) is 4. The highest BCUT2D eigenvalue weighted by molar-refractivity contribution is 5.97. The van der Waals surface area contributed by atoms with E-state index in [1.54, 1.807) is 11.6 Å². The van der Waals surface area contributed by atoms with Crippen molar-refractivity contribution in [3.8, 4) is 0 Å². The first-order chi connectivity index (χ1) is 14.8. The van der Waals surface area contributed by atoms with Crippen molar-refractivity contribution in [3.05, 3.63) is 82.2 Å². The van der Waals surface area contributed by atoms with E-state index in [1.165, 1.54) is 0 Å². The van der Waals surface area contributed by atoms with Crippen LogP contribution in [0.1, 0.15) is 58.2 Å². The van der Waals surface area contributed by atoms with E-state index in [1.807, 2.05) is 62.4 Å². The maximum absolute atomic E-state index is 12.7. The van der Waals surface area contributed by atoms with E-state index < -0.39 is 5.97 Å². The van der Waals surface area contributed by atoms with Gasteiger partial charge in [-0.15, -0.1) is 0 Å². The van der Waals surface area contributed by atoms with Crippen LogP contribution in [-0.4, -0.2) is 28.3 Å². The molecule has 0 radical (unpaired) electrons. The van der Waals surface area contributed by atoms with Crippen LogP contribution in [0.5, 0.6) is 0 Å². The van der Waals surface area contributed by atoms with Crippen molar-refractivity contribution in [2.24, 2.45) is 0 Å². The minimum absolute atomic E-state index is 0.263. The third kappa shape index (κ3) is 5.20. The van der Waals surface area contributed by atoms with Crippen LogP contribution in [0.4, 0.5) is 5.69 Å². The van der Waals surface area contributed by atoms with Crippen molar-refractivity contribution in [3.63, 3.8) is 0 Å². The zero-order valence-corrected chi connectivity index (χ0v) is 18.7. The van der Waals surface area contributed by atoms with Gasteiger partial charge in [-0.3, -0.25) is 9.48 Å². The monoisotopic (exact) mass is 419 g/mol. The van der Waals surface area contributed by atoms with Crippen molar-refractivity contribution in [2.75, 3.05) is 11.9 Å². The van der Waals surface area contributed by atoms with E-state index in [4.69, 9.17) is 4.74 Å². The molecule has 31 heavy (non-hydrogen) atoms. The standard InChI is InChI=1S/C25H29N3O3/c1-16(2)21-13-9-10-17(3)24(21)26-22(29)15-31-25(30)23-18(4)27-28(19(23)5)14-20-11-7-6-8-12-20/h6-13,16H,14-15H2,1-5H3,(H,26,29). The number of hydrogen-bond donors (Lipinski definition) is 1. The van der Waals surface area contributed by atoms with Crippen molar-refractivity contribution < 1.29 is 14.3 Å². The van der Waals surface area contributed by atoms with Gasteiger partial charge in [0.15, 0.2) is 6.61 Å². The molecule has 2 aromatic carbocycles. The molecule has 3 aromatic rings. The number of carbonyl (C=O) groups is 2. The maximum Gasteiger partial charge on any atom is 0.342 e. The van der Waals surface area contributed by atoms with Gasteiger partial charge in [-0.2, -0.15) is 5.10 Å².